The molecular weight excluding hydrogens is 535 g/mol. The lowest BCUT2D eigenvalue weighted by molar-refractivity contribution is 0.0177. The van der Waals surface area contributed by atoms with Gasteiger partial charge in [0, 0.05) is 53.6 Å². The summed E-state index contributed by atoms with van der Waals surface area (Å²) in [7, 11) is 3.44. The van der Waals surface area contributed by atoms with Gasteiger partial charge in [-0.2, -0.15) is 0 Å². The highest BCUT2D eigenvalue weighted by Crippen LogP contribution is 2.28. The van der Waals surface area contributed by atoms with Crippen LogP contribution in [-0.2, 0) is 11.3 Å². The fourth-order valence-electron chi connectivity index (χ4n) is 3.39. The van der Waals surface area contributed by atoms with E-state index in [0.717, 1.165) is 50.1 Å². The normalized spacial score (nSPS) is 15.9. The van der Waals surface area contributed by atoms with Crippen molar-refractivity contribution in [3.8, 4) is 5.75 Å². The van der Waals surface area contributed by atoms with Gasteiger partial charge in [-0.15, -0.1) is 35.3 Å². The van der Waals surface area contributed by atoms with Gasteiger partial charge < -0.3 is 20.1 Å². The van der Waals surface area contributed by atoms with Gasteiger partial charge in [-0.05, 0) is 31.2 Å². The molecule has 1 fully saturated rings. The Kier molecular flexibility index (Phi) is 10.7. The van der Waals surface area contributed by atoms with Gasteiger partial charge in [0.2, 0.25) is 0 Å². The summed E-state index contributed by atoms with van der Waals surface area (Å²) in [4.78, 5) is 9.56. The van der Waals surface area contributed by atoms with Crippen LogP contribution >= 0.6 is 46.9 Å². The van der Waals surface area contributed by atoms with Gasteiger partial charge in [0.15, 0.2) is 5.96 Å². The average Bonchev–Trinajstić information content (AvgIpc) is 3.17. The predicted octanol–water partition coefficient (Wildman–Crippen LogP) is 4.08. The van der Waals surface area contributed by atoms with Gasteiger partial charge in [-0.1, -0.05) is 17.7 Å². The van der Waals surface area contributed by atoms with Crippen LogP contribution in [0.2, 0.25) is 5.02 Å². The maximum absolute atomic E-state index is 6.05. The van der Waals surface area contributed by atoms with E-state index in [9.17, 15) is 0 Å². The lowest BCUT2D eigenvalue weighted by Crippen LogP contribution is -2.46. The van der Waals surface area contributed by atoms with Crippen molar-refractivity contribution in [3.63, 3.8) is 0 Å². The summed E-state index contributed by atoms with van der Waals surface area (Å²) in [5.41, 5.74) is 1.03. The SMILES string of the molecule is CN=C(NCc1ccc(Cl)cc1OC)NCC(c1ccc(C)s1)N1CCOCC1.I. The maximum atomic E-state index is 6.05. The number of methoxy groups -OCH3 is 1. The number of nitrogens with one attached hydrogen (secondary N) is 2. The highest BCUT2D eigenvalue weighted by Gasteiger charge is 2.24. The Morgan fingerprint density at radius 3 is 2.67 bits per heavy atom. The number of benzene rings is 1. The first-order chi connectivity index (χ1) is 14.1. The van der Waals surface area contributed by atoms with Gasteiger partial charge in [0.1, 0.15) is 5.75 Å². The van der Waals surface area contributed by atoms with E-state index in [4.69, 9.17) is 21.1 Å². The molecule has 9 heteroatoms. The van der Waals surface area contributed by atoms with Crippen LogP contribution in [0.1, 0.15) is 21.4 Å². The molecule has 30 heavy (non-hydrogen) atoms. The molecule has 0 aliphatic carbocycles. The molecule has 1 aromatic heterocycles. The molecule has 0 saturated carbocycles. The van der Waals surface area contributed by atoms with E-state index in [0.29, 0.717) is 17.6 Å². The summed E-state index contributed by atoms with van der Waals surface area (Å²) in [5, 5.41) is 7.52. The summed E-state index contributed by atoms with van der Waals surface area (Å²) in [5.74, 6) is 1.52. The van der Waals surface area contributed by atoms with Crippen LogP contribution in [0, 0.1) is 6.92 Å². The number of rotatable bonds is 7. The number of thiophene rings is 1. The second kappa shape index (κ2) is 12.7. The monoisotopic (exact) mass is 564 g/mol. The van der Waals surface area contributed by atoms with Crippen molar-refractivity contribution in [2.75, 3.05) is 47.0 Å². The largest absolute Gasteiger partial charge is 0.496 e. The highest BCUT2D eigenvalue weighted by atomic mass is 127. The topological polar surface area (TPSA) is 58.1 Å². The van der Waals surface area contributed by atoms with E-state index >= 15 is 0 Å². The molecule has 2 N–H and O–H groups in total. The van der Waals surface area contributed by atoms with E-state index in [1.165, 1.54) is 9.75 Å². The van der Waals surface area contributed by atoms with Crippen LogP contribution in [0.25, 0.3) is 0 Å². The molecule has 166 valence electrons. The number of morpholine rings is 1. The molecule has 6 nitrogen and oxygen atoms in total. The molecule has 2 aromatic rings. The standard InChI is InChI=1S/C21H29ClN4O2S.HI/c1-15-4-7-20(29-15)18(26-8-10-28-11-9-26)14-25-21(23-2)24-13-16-5-6-17(22)12-19(16)27-3;/h4-7,12,18H,8-11,13-14H2,1-3H3,(H2,23,24,25);1H. The Balaban J connectivity index is 0.00000320. The quantitative estimate of drug-likeness (QED) is 0.302. The summed E-state index contributed by atoms with van der Waals surface area (Å²) in [6.45, 7) is 6.97. The Morgan fingerprint density at radius 2 is 2.03 bits per heavy atom. The van der Waals surface area contributed by atoms with Crippen molar-refractivity contribution in [2.45, 2.75) is 19.5 Å². The summed E-state index contributed by atoms with van der Waals surface area (Å²) >= 11 is 7.91. The second-order valence-electron chi connectivity index (χ2n) is 6.88. The van der Waals surface area contributed by atoms with E-state index in [-0.39, 0.29) is 24.0 Å². The van der Waals surface area contributed by atoms with E-state index in [1.54, 1.807) is 14.2 Å². The zero-order valence-corrected chi connectivity index (χ0v) is 21.5. The lowest BCUT2D eigenvalue weighted by Gasteiger charge is -2.34. The third-order valence-corrected chi connectivity index (χ3v) is 6.29. The molecule has 0 radical (unpaired) electrons. The van der Waals surface area contributed by atoms with Crippen molar-refractivity contribution < 1.29 is 9.47 Å². The van der Waals surface area contributed by atoms with Crippen LogP contribution in [0.4, 0.5) is 0 Å². The number of aliphatic imine (C=N–C) groups is 1. The maximum Gasteiger partial charge on any atom is 0.191 e. The van der Waals surface area contributed by atoms with Crippen molar-refractivity contribution in [2.24, 2.45) is 4.99 Å². The fraction of sp³-hybridized carbons (Fsp3) is 0.476. The zero-order chi connectivity index (χ0) is 20.6. The molecule has 1 unspecified atom stereocenters. The first kappa shape index (κ1) is 25.2. The predicted molar refractivity (Wildman–Crippen MR) is 136 cm³/mol. The number of guanidine groups is 1. The number of nitrogens with zero attached hydrogens (tertiary/aromatic N) is 2. The van der Waals surface area contributed by atoms with Crippen LogP contribution in [0.3, 0.4) is 0 Å². The Labute approximate surface area is 205 Å². The molecule has 0 bridgehead atoms. The molecule has 1 aliphatic rings. The van der Waals surface area contributed by atoms with Crippen molar-refractivity contribution in [3.05, 3.63) is 50.7 Å². The lowest BCUT2D eigenvalue weighted by atomic mass is 10.2. The Bertz CT molecular complexity index is 827. The molecule has 1 aliphatic heterocycles. The van der Waals surface area contributed by atoms with Gasteiger partial charge in [0.25, 0.3) is 0 Å². The van der Waals surface area contributed by atoms with Gasteiger partial charge in [-0.25, -0.2) is 0 Å². The van der Waals surface area contributed by atoms with Crippen molar-refractivity contribution in [1.29, 1.82) is 0 Å². The molecule has 1 atom stereocenters. The minimum Gasteiger partial charge on any atom is -0.496 e. The summed E-state index contributed by atoms with van der Waals surface area (Å²) in [6, 6.07) is 10.4. The fourth-order valence-corrected chi connectivity index (χ4v) is 4.56. The van der Waals surface area contributed by atoms with Crippen LogP contribution in [-0.4, -0.2) is 57.9 Å². The molecule has 1 aromatic carbocycles. The van der Waals surface area contributed by atoms with Gasteiger partial charge in [0.05, 0.1) is 26.4 Å². The Hall–Kier alpha value is -1.07. The van der Waals surface area contributed by atoms with Gasteiger partial charge in [-0.3, -0.25) is 9.89 Å². The van der Waals surface area contributed by atoms with E-state index < -0.39 is 0 Å². The summed E-state index contributed by atoms with van der Waals surface area (Å²) in [6.07, 6.45) is 0. The average molecular weight is 565 g/mol. The number of hydrogen-bond acceptors (Lipinski definition) is 5. The minimum atomic E-state index is 0. The van der Waals surface area contributed by atoms with Crippen LogP contribution < -0.4 is 15.4 Å². The molecule has 1 saturated heterocycles. The van der Waals surface area contributed by atoms with Crippen molar-refractivity contribution in [1.82, 2.24) is 15.5 Å². The number of hydrogen-bond donors (Lipinski definition) is 2. The number of halogens is 2. The third-order valence-electron chi connectivity index (χ3n) is 4.96. The van der Waals surface area contributed by atoms with Gasteiger partial charge >= 0.3 is 0 Å². The van der Waals surface area contributed by atoms with E-state index in [2.05, 4.69) is 39.6 Å². The second-order valence-corrected chi connectivity index (χ2v) is 8.63. The first-order valence-corrected chi connectivity index (χ1v) is 10.9. The number of ether oxygens (including phenoxy) is 2. The molecular formula is C21H30ClIN4O2S. The number of aryl methyl sites for hydroxylation is 1. The third kappa shape index (κ3) is 6.98. The smallest absolute Gasteiger partial charge is 0.191 e. The highest BCUT2D eigenvalue weighted by molar-refractivity contribution is 14.0. The van der Waals surface area contributed by atoms with Crippen LogP contribution in [0.15, 0.2) is 35.3 Å². The molecule has 2 heterocycles. The first-order valence-electron chi connectivity index (χ1n) is 9.75. The molecule has 3 rings (SSSR count). The van der Waals surface area contributed by atoms with Crippen LogP contribution in [0.5, 0.6) is 5.75 Å². The Morgan fingerprint density at radius 1 is 1.27 bits per heavy atom. The summed E-state index contributed by atoms with van der Waals surface area (Å²) < 4.78 is 11.0. The van der Waals surface area contributed by atoms with E-state index in [1.807, 2.05) is 29.5 Å². The zero-order valence-electron chi connectivity index (χ0n) is 17.6. The molecule has 0 amide bonds. The molecule has 0 spiro atoms. The van der Waals surface area contributed by atoms with Crippen molar-refractivity contribution >= 4 is 52.9 Å². The minimum absolute atomic E-state index is 0.